The molecule has 220 valence electrons. The first-order valence-corrected chi connectivity index (χ1v) is 16.5. The molecule has 2 aromatic heterocycles. The second-order valence-corrected chi connectivity index (χ2v) is 13.5. The van der Waals surface area contributed by atoms with Crippen LogP contribution in [-0.4, -0.2) is 86.0 Å². The number of hydrogen-bond donors (Lipinski definition) is 1. The Kier molecular flexibility index (Phi) is 7.73. The van der Waals surface area contributed by atoms with Gasteiger partial charge in [0.25, 0.3) is 5.91 Å². The maximum Gasteiger partial charge on any atom is 0.256 e. The summed E-state index contributed by atoms with van der Waals surface area (Å²) in [6, 6.07) is 8.46. The van der Waals surface area contributed by atoms with E-state index in [9.17, 15) is 13.2 Å². The van der Waals surface area contributed by atoms with Crippen LogP contribution in [0.3, 0.4) is 0 Å². The van der Waals surface area contributed by atoms with E-state index in [1.165, 1.54) is 12.1 Å². The molecule has 0 spiro atoms. The third kappa shape index (κ3) is 5.96. The summed E-state index contributed by atoms with van der Waals surface area (Å²) in [4.78, 5) is 25.4. The molecule has 6 rings (SSSR count). The van der Waals surface area contributed by atoms with Crippen molar-refractivity contribution in [2.75, 3.05) is 66.7 Å². The molecule has 0 aliphatic carbocycles. The Morgan fingerprint density at radius 1 is 1.05 bits per heavy atom. The zero-order valence-corrected chi connectivity index (χ0v) is 25.0. The first-order chi connectivity index (χ1) is 19.7. The molecule has 3 aliphatic heterocycles. The molecule has 13 heteroatoms. The predicted octanol–water partition coefficient (Wildman–Crippen LogP) is 3.80. The zero-order chi connectivity index (χ0) is 28.7. The van der Waals surface area contributed by atoms with E-state index < -0.39 is 10.0 Å². The third-order valence-electron chi connectivity index (χ3n) is 8.11. The van der Waals surface area contributed by atoms with Gasteiger partial charge < -0.3 is 19.4 Å². The SMILES string of the molecule is C[C@@H]1CCN(c2cc(N3CCOCC3)n3nc([C@@H]4CCCCN4C(=O)c4cc(Cl)ccc4NS(C)(=O)=O)cc3n2)C1. The van der Waals surface area contributed by atoms with Gasteiger partial charge in [0.15, 0.2) is 5.65 Å². The monoisotopic (exact) mass is 601 g/mol. The van der Waals surface area contributed by atoms with E-state index in [2.05, 4.69) is 27.5 Å². The van der Waals surface area contributed by atoms with Crippen molar-refractivity contribution in [3.05, 3.63) is 46.6 Å². The third-order valence-corrected chi connectivity index (χ3v) is 8.93. The minimum absolute atomic E-state index is 0.210. The molecule has 3 aromatic rings. The highest BCUT2D eigenvalue weighted by Gasteiger charge is 2.33. The molecule has 11 nitrogen and oxygen atoms in total. The number of nitrogens with one attached hydrogen (secondary N) is 1. The minimum Gasteiger partial charge on any atom is -0.378 e. The number of ether oxygens (including phenoxy) is 1. The fourth-order valence-corrected chi connectivity index (χ4v) is 6.82. The highest BCUT2D eigenvalue weighted by Crippen LogP contribution is 2.35. The predicted molar refractivity (Wildman–Crippen MR) is 160 cm³/mol. The average molecular weight is 602 g/mol. The van der Waals surface area contributed by atoms with E-state index in [1.807, 2.05) is 10.6 Å². The zero-order valence-electron chi connectivity index (χ0n) is 23.4. The summed E-state index contributed by atoms with van der Waals surface area (Å²) in [5.41, 5.74) is 1.95. The summed E-state index contributed by atoms with van der Waals surface area (Å²) in [6.45, 7) is 7.59. The summed E-state index contributed by atoms with van der Waals surface area (Å²) in [7, 11) is -3.60. The second kappa shape index (κ2) is 11.3. The summed E-state index contributed by atoms with van der Waals surface area (Å²) < 4.78 is 34.0. The quantitative estimate of drug-likeness (QED) is 0.454. The van der Waals surface area contributed by atoms with Crippen LogP contribution in [0.5, 0.6) is 0 Å². The number of piperidine rings is 1. The van der Waals surface area contributed by atoms with Crippen molar-refractivity contribution < 1.29 is 17.9 Å². The molecule has 1 aromatic carbocycles. The summed E-state index contributed by atoms with van der Waals surface area (Å²) in [5, 5.41) is 5.40. The topological polar surface area (TPSA) is 112 Å². The van der Waals surface area contributed by atoms with E-state index in [0.717, 1.165) is 81.1 Å². The molecule has 2 atom stereocenters. The number of rotatable bonds is 6. The maximum atomic E-state index is 14.0. The second-order valence-electron chi connectivity index (χ2n) is 11.3. The Morgan fingerprint density at radius 2 is 1.85 bits per heavy atom. The van der Waals surface area contributed by atoms with Crippen LogP contribution in [0, 0.1) is 5.92 Å². The van der Waals surface area contributed by atoms with E-state index in [4.69, 9.17) is 26.4 Å². The maximum absolute atomic E-state index is 14.0. The molecule has 1 amide bonds. The van der Waals surface area contributed by atoms with Crippen LogP contribution >= 0.6 is 11.6 Å². The smallest absolute Gasteiger partial charge is 0.256 e. The molecule has 3 fully saturated rings. The number of sulfonamides is 1. The van der Waals surface area contributed by atoms with Crippen LogP contribution in [0.15, 0.2) is 30.3 Å². The van der Waals surface area contributed by atoms with Crippen LogP contribution < -0.4 is 14.5 Å². The van der Waals surface area contributed by atoms with E-state index in [-0.39, 0.29) is 23.2 Å². The number of likely N-dealkylation sites (tertiary alicyclic amines) is 1. The lowest BCUT2D eigenvalue weighted by atomic mass is 9.98. The van der Waals surface area contributed by atoms with Gasteiger partial charge in [-0.05, 0) is 49.8 Å². The van der Waals surface area contributed by atoms with Crippen LogP contribution in [0.4, 0.5) is 17.3 Å². The minimum atomic E-state index is -3.60. The normalized spacial score (nSPS) is 22.0. The van der Waals surface area contributed by atoms with Crippen molar-refractivity contribution in [1.29, 1.82) is 0 Å². The fourth-order valence-electron chi connectivity index (χ4n) is 6.07. The van der Waals surface area contributed by atoms with Crippen LogP contribution in [0.1, 0.15) is 54.7 Å². The number of carbonyl (C=O) groups is 1. The first-order valence-electron chi connectivity index (χ1n) is 14.2. The van der Waals surface area contributed by atoms with Gasteiger partial charge in [-0.25, -0.2) is 13.4 Å². The van der Waals surface area contributed by atoms with Crippen molar-refractivity contribution in [3.8, 4) is 0 Å². The van der Waals surface area contributed by atoms with Crippen molar-refractivity contribution >= 4 is 50.5 Å². The van der Waals surface area contributed by atoms with Crippen LogP contribution in [0.2, 0.25) is 5.02 Å². The number of morpholine rings is 1. The van der Waals surface area contributed by atoms with Crippen molar-refractivity contribution in [2.24, 2.45) is 5.92 Å². The lowest BCUT2D eigenvalue weighted by Gasteiger charge is -2.35. The lowest BCUT2D eigenvalue weighted by Crippen LogP contribution is -2.39. The van der Waals surface area contributed by atoms with Gasteiger partial charge in [-0.3, -0.25) is 9.52 Å². The molecule has 0 radical (unpaired) electrons. The number of anilines is 3. The molecular formula is C28H36ClN7O4S. The number of nitrogens with zero attached hydrogens (tertiary/aromatic N) is 6. The summed E-state index contributed by atoms with van der Waals surface area (Å²) >= 11 is 6.26. The Hall–Kier alpha value is -3.09. The Morgan fingerprint density at radius 3 is 2.59 bits per heavy atom. The molecule has 3 saturated heterocycles. The lowest BCUT2D eigenvalue weighted by molar-refractivity contribution is 0.0607. The fraction of sp³-hybridized carbons (Fsp3) is 0.536. The molecular weight excluding hydrogens is 566 g/mol. The summed E-state index contributed by atoms with van der Waals surface area (Å²) in [5.74, 6) is 2.26. The Balaban J connectivity index is 1.39. The van der Waals surface area contributed by atoms with Gasteiger partial charge >= 0.3 is 0 Å². The van der Waals surface area contributed by atoms with Crippen molar-refractivity contribution in [3.63, 3.8) is 0 Å². The van der Waals surface area contributed by atoms with E-state index >= 15 is 0 Å². The first kappa shape index (κ1) is 28.0. The number of hydrogen-bond acceptors (Lipinski definition) is 8. The highest BCUT2D eigenvalue weighted by atomic mass is 35.5. The number of carbonyl (C=O) groups excluding carboxylic acids is 1. The van der Waals surface area contributed by atoms with Gasteiger partial charge in [-0.1, -0.05) is 18.5 Å². The van der Waals surface area contributed by atoms with Crippen LogP contribution in [0.25, 0.3) is 5.65 Å². The molecule has 1 N–H and O–H groups in total. The number of amides is 1. The number of benzene rings is 1. The largest absolute Gasteiger partial charge is 0.378 e. The molecule has 41 heavy (non-hydrogen) atoms. The number of aromatic nitrogens is 3. The van der Waals surface area contributed by atoms with Gasteiger partial charge in [-0.15, -0.1) is 0 Å². The van der Waals surface area contributed by atoms with Gasteiger partial charge in [0, 0.05) is 49.9 Å². The Bertz CT molecular complexity index is 1560. The van der Waals surface area contributed by atoms with Gasteiger partial charge in [0.2, 0.25) is 10.0 Å². The van der Waals surface area contributed by atoms with Crippen LogP contribution in [-0.2, 0) is 14.8 Å². The van der Waals surface area contributed by atoms with Crippen molar-refractivity contribution in [2.45, 2.75) is 38.6 Å². The average Bonchev–Trinajstić information content (AvgIpc) is 3.59. The Labute approximate surface area is 245 Å². The van der Waals surface area contributed by atoms with Gasteiger partial charge in [0.05, 0.1) is 42.5 Å². The molecule has 0 saturated carbocycles. The van der Waals surface area contributed by atoms with E-state index in [1.54, 1.807) is 11.0 Å². The molecule has 5 heterocycles. The van der Waals surface area contributed by atoms with Gasteiger partial charge in [0.1, 0.15) is 11.6 Å². The molecule has 0 unspecified atom stereocenters. The standard InChI is InChI=1S/C28H36ClN7O4S/c1-19-8-10-34(18-19)25-17-27(33-11-13-40-14-12-33)36-26(30-25)16-23(31-36)24-5-3-4-9-35(24)28(37)21-15-20(29)6-7-22(21)32-41(2,38)39/h6-7,15-17,19,24,32H,3-5,8-14,18H2,1-2H3/t19-,24+/m1/s1. The van der Waals surface area contributed by atoms with E-state index in [0.29, 0.717) is 30.7 Å². The number of halogens is 1. The summed E-state index contributed by atoms with van der Waals surface area (Å²) in [6.07, 6.45) is 4.75. The highest BCUT2D eigenvalue weighted by molar-refractivity contribution is 7.92. The number of fused-ring (bicyclic) bond motifs is 1. The molecule has 3 aliphatic rings. The van der Waals surface area contributed by atoms with Crippen molar-refractivity contribution in [1.82, 2.24) is 19.5 Å². The van der Waals surface area contributed by atoms with Gasteiger partial charge in [-0.2, -0.15) is 9.61 Å². The molecule has 0 bridgehead atoms.